The van der Waals surface area contributed by atoms with Crippen molar-refractivity contribution < 1.29 is 27.8 Å². The molecule has 0 radical (unpaired) electrons. The van der Waals surface area contributed by atoms with Gasteiger partial charge in [0.1, 0.15) is 24.0 Å². The summed E-state index contributed by atoms with van der Waals surface area (Å²) >= 11 is 0. The van der Waals surface area contributed by atoms with Crippen LogP contribution in [0.15, 0.2) is 42.6 Å². The van der Waals surface area contributed by atoms with Gasteiger partial charge in [-0.05, 0) is 30.7 Å². The zero-order valence-corrected chi connectivity index (χ0v) is 16.8. The number of hydrogen-bond donors (Lipinski definition) is 3. The van der Waals surface area contributed by atoms with Gasteiger partial charge in [0, 0.05) is 30.3 Å². The van der Waals surface area contributed by atoms with E-state index in [9.17, 15) is 13.6 Å². The van der Waals surface area contributed by atoms with Crippen molar-refractivity contribution in [1.82, 2.24) is 10.3 Å². The summed E-state index contributed by atoms with van der Waals surface area (Å²) in [4.78, 5) is 16.0. The predicted octanol–water partition coefficient (Wildman–Crippen LogP) is 3.95. The van der Waals surface area contributed by atoms with Gasteiger partial charge in [0.15, 0.2) is 11.5 Å². The SMILES string of the molecule is COc1cc2nccc(Oc3ccc(NC(=O)NCCCF)c(F)c3)c2cc1OCN. The van der Waals surface area contributed by atoms with E-state index in [0.717, 1.165) is 6.07 Å². The summed E-state index contributed by atoms with van der Waals surface area (Å²) in [6.07, 6.45) is 1.74. The number of carbonyl (C=O) groups is 1. The van der Waals surface area contributed by atoms with E-state index in [0.29, 0.717) is 28.2 Å². The number of hydrogen-bond acceptors (Lipinski definition) is 6. The van der Waals surface area contributed by atoms with Gasteiger partial charge >= 0.3 is 6.03 Å². The summed E-state index contributed by atoms with van der Waals surface area (Å²) in [7, 11) is 1.50. The summed E-state index contributed by atoms with van der Waals surface area (Å²) in [5.74, 6) is 0.822. The minimum atomic E-state index is -0.690. The first-order valence-electron chi connectivity index (χ1n) is 9.43. The lowest BCUT2D eigenvalue weighted by atomic mass is 10.2. The molecule has 0 aliphatic carbocycles. The highest BCUT2D eigenvalue weighted by Crippen LogP contribution is 2.37. The number of pyridine rings is 1. The monoisotopic (exact) mass is 432 g/mol. The molecule has 31 heavy (non-hydrogen) atoms. The highest BCUT2D eigenvalue weighted by Gasteiger charge is 2.13. The maximum absolute atomic E-state index is 14.4. The normalized spacial score (nSPS) is 10.6. The second-order valence-electron chi connectivity index (χ2n) is 6.31. The van der Waals surface area contributed by atoms with Crippen LogP contribution in [0.2, 0.25) is 0 Å². The average molecular weight is 432 g/mol. The number of nitrogens with two attached hydrogens (primary N) is 1. The van der Waals surface area contributed by atoms with Gasteiger partial charge in [-0.3, -0.25) is 15.1 Å². The van der Waals surface area contributed by atoms with Gasteiger partial charge in [-0.1, -0.05) is 0 Å². The number of ether oxygens (including phenoxy) is 3. The number of aromatic nitrogens is 1. The molecule has 1 heterocycles. The van der Waals surface area contributed by atoms with Gasteiger partial charge in [0.25, 0.3) is 0 Å². The van der Waals surface area contributed by atoms with Crippen molar-refractivity contribution in [3.8, 4) is 23.0 Å². The molecule has 0 bridgehead atoms. The van der Waals surface area contributed by atoms with Crippen LogP contribution in [0.25, 0.3) is 10.9 Å². The Balaban J connectivity index is 1.81. The van der Waals surface area contributed by atoms with Crippen LogP contribution in [0.4, 0.5) is 19.3 Å². The van der Waals surface area contributed by atoms with Crippen molar-refractivity contribution in [2.24, 2.45) is 5.73 Å². The molecule has 0 unspecified atom stereocenters. The van der Waals surface area contributed by atoms with Crippen molar-refractivity contribution >= 4 is 22.6 Å². The van der Waals surface area contributed by atoms with Crippen molar-refractivity contribution in [2.75, 3.05) is 32.4 Å². The van der Waals surface area contributed by atoms with Crippen LogP contribution in [0.1, 0.15) is 6.42 Å². The van der Waals surface area contributed by atoms with Crippen LogP contribution in [0.5, 0.6) is 23.0 Å². The quantitative estimate of drug-likeness (QED) is 0.349. The Labute approximate surface area is 177 Å². The zero-order chi connectivity index (χ0) is 22.2. The predicted molar refractivity (Wildman–Crippen MR) is 112 cm³/mol. The highest BCUT2D eigenvalue weighted by molar-refractivity contribution is 5.90. The van der Waals surface area contributed by atoms with Crippen LogP contribution in [-0.2, 0) is 0 Å². The Morgan fingerprint density at radius 2 is 2.00 bits per heavy atom. The molecule has 3 aromatic rings. The molecule has 2 amide bonds. The van der Waals surface area contributed by atoms with E-state index in [1.54, 1.807) is 24.4 Å². The molecular formula is C21H22F2N4O4. The number of nitrogens with one attached hydrogen (secondary N) is 2. The summed E-state index contributed by atoms with van der Waals surface area (Å²) in [6, 6.07) is 8.39. The summed E-state index contributed by atoms with van der Waals surface area (Å²) < 4.78 is 43.0. The molecule has 0 saturated carbocycles. The molecule has 0 aliphatic rings. The lowest BCUT2D eigenvalue weighted by Gasteiger charge is -2.14. The van der Waals surface area contributed by atoms with Crippen LogP contribution in [0, 0.1) is 5.82 Å². The van der Waals surface area contributed by atoms with Gasteiger partial charge in [-0.2, -0.15) is 0 Å². The Hall–Kier alpha value is -3.66. The topological polar surface area (TPSA) is 108 Å². The Morgan fingerprint density at radius 1 is 1.16 bits per heavy atom. The third-order valence-corrected chi connectivity index (χ3v) is 4.24. The standard InChI is InChI=1S/C21H22F2N4O4/c1-29-19-11-17-14(10-20(19)30-12-24)18(5-8-25-17)31-13-3-4-16(15(23)9-13)27-21(28)26-7-2-6-22/h3-5,8-11H,2,6-7,12,24H2,1H3,(H2,26,27,28). The number of nitrogens with zero attached hydrogens (tertiary/aromatic N) is 1. The average Bonchev–Trinajstić information content (AvgIpc) is 2.76. The van der Waals surface area contributed by atoms with Crippen molar-refractivity contribution in [3.05, 3.63) is 48.4 Å². The van der Waals surface area contributed by atoms with E-state index in [1.165, 1.54) is 19.2 Å². The number of carbonyl (C=O) groups excluding carboxylic acids is 1. The fourth-order valence-corrected chi connectivity index (χ4v) is 2.80. The Kier molecular flexibility index (Phi) is 7.39. The molecule has 0 saturated heterocycles. The highest BCUT2D eigenvalue weighted by atomic mass is 19.1. The number of methoxy groups -OCH3 is 1. The maximum atomic E-state index is 14.4. The van der Waals surface area contributed by atoms with Crippen LogP contribution < -0.4 is 30.6 Å². The fraction of sp³-hybridized carbons (Fsp3) is 0.238. The van der Waals surface area contributed by atoms with E-state index in [4.69, 9.17) is 19.9 Å². The molecule has 3 rings (SSSR count). The molecule has 10 heteroatoms. The largest absolute Gasteiger partial charge is 0.493 e. The van der Waals surface area contributed by atoms with Gasteiger partial charge in [0.05, 0.1) is 25.0 Å². The summed E-state index contributed by atoms with van der Waals surface area (Å²) in [6.45, 7) is -0.433. The Morgan fingerprint density at radius 3 is 2.71 bits per heavy atom. The number of amides is 2. The molecule has 0 spiro atoms. The lowest BCUT2D eigenvalue weighted by Crippen LogP contribution is -2.30. The van der Waals surface area contributed by atoms with Crippen molar-refractivity contribution in [2.45, 2.75) is 6.42 Å². The van der Waals surface area contributed by atoms with Crippen molar-refractivity contribution in [3.63, 3.8) is 0 Å². The molecule has 4 N–H and O–H groups in total. The minimum Gasteiger partial charge on any atom is -0.493 e. The number of halogens is 2. The van der Waals surface area contributed by atoms with E-state index < -0.39 is 18.5 Å². The molecule has 0 aliphatic heterocycles. The van der Waals surface area contributed by atoms with E-state index in [1.807, 2.05) is 0 Å². The number of urea groups is 1. The van der Waals surface area contributed by atoms with Crippen LogP contribution in [0.3, 0.4) is 0 Å². The smallest absolute Gasteiger partial charge is 0.319 e. The van der Waals surface area contributed by atoms with Crippen molar-refractivity contribution in [1.29, 1.82) is 0 Å². The summed E-state index contributed by atoms with van der Waals surface area (Å²) in [5.41, 5.74) is 6.02. The number of rotatable bonds is 9. The fourth-order valence-electron chi connectivity index (χ4n) is 2.80. The van der Waals surface area contributed by atoms with Crippen LogP contribution >= 0.6 is 0 Å². The molecular weight excluding hydrogens is 410 g/mol. The third kappa shape index (κ3) is 5.48. The third-order valence-electron chi connectivity index (χ3n) is 4.24. The zero-order valence-electron chi connectivity index (χ0n) is 16.8. The molecule has 0 atom stereocenters. The number of benzene rings is 2. The number of anilines is 1. The first-order valence-corrected chi connectivity index (χ1v) is 9.43. The lowest BCUT2D eigenvalue weighted by molar-refractivity contribution is 0.251. The van der Waals surface area contributed by atoms with Gasteiger partial charge in [-0.25, -0.2) is 9.18 Å². The minimum absolute atomic E-state index is 0.0342. The number of fused-ring (bicyclic) bond motifs is 1. The van der Waals surface area contributed by atoms with Gasteiger partial charge in [0.2, 0.25) is 0 Å². The van der Waals surface area contributed by atoms with Crippen LogP contribution in [-0.4, -0.2) is 38.1 Å². The van der Waals surface area contributed by atoms with Gasteiger partial charge in [-0.15, -0.1) is 0 Å². The van der Waals surface area contributed by atoms with E-state index in [2.05, 4.69) is 15.6 Å². The second-order valence-corrected chi connectivity index (χ2v) is 6.31. The number of alkyl halides is 1. The molecule has 0 fully saturated rings. The second kappa shape index (κ2) is 10.4. The first-order chi connectivity index (χ1) is 15.0. The maximum Gasteiger partial charge on any atom is 0.319 e. The van der Waals surface area contributed by atoms with E-state index in [-0.39, 0.29) is 31.1 Å². The summed E-state index contributed by atoms with van der Waals surface area (Å²) in [5, 5.41) is 5.41. The van der Waals surface area contributed by atoms with E-state index >= 15 is 0 Å². The van der Waals surface area contributed by atoms with Gasteiger partial charge < -0.3 is 24.8 Å². The molecule has 1 aromatic heterocycles. The first kappa shape index (κ1) is 22.0. The molecule has 8 nitrogen and oxygen atoms in total. The molecule has 164 valence electrons. The molecule has 2 aromatic carbocycles. The Bertz CT molecular complexity index is 1060.